The van der Waals surface area contributed by atoms with E-state index in [0.29, 0.717) is 22.7 Å². The van der Waals surface area contributed by atoms with Gasteiger partial charge in [0.05, 0.1) is 13.3 Å². The first-order chi connectivity index (χ1) is 10.1. The molecule has 6 heteroatoms. The highest BCUT2D eigenvalue weighted by molar-refractivity contribution is 5.73. The van der Waals surface area contributed by atoms with Gasteiger partial charge in [0.25, 0.3) is 0 Å². The van der Waals surface area contributed by atoms with Gasteiger partial charge in [0.1, 0.15) is 5.75 Å². The summed E-state index contributed by atoms with van der Waals surface area (Å²) in [6, 6.07) is 10.7. The van der Waals surface area contributed by atoms with E-state index in [4.69, 9.17) is 4.74 Å². The fraction of sp³-hybridized carbons (Fsp3) is 0.133. The second kappa shape index (κ2) is 4.90. The third-order valence-electron chi connectivity index (χ3n) is 3.36. The molecule has 0 aliphatic carbocycles. The normalized spacial score (nSPS) is 10.8. The van der Waals surface area contributed by atoms with Crippen LogP contribution in [0.2, 0.25) is 0 Å². The summed E-state index contributed by atoms with van der Waals surface area (Å²) in [5.74, 6) is 0.667. The molecule has 0 spiro atoms. The van der Waals surface area contributed by atoms with Crippen LogP contribution in [-0.2, 0) is 0 Å². The second-order valence-electron chi connectivity index (χ2n) is 4.65. The Hall–Kier alpha value is -2.89. The molecule has 0 saturated heterocycles. The summed E-state index contributed by atoms with van der Waals surface area (Å²) in [6.07, 6.45) is 1.65. The van der Waals surface area contributed by atoms with Crippen molar-refractivity contribution in [1.29, 1.82) is 0 Å². The minimum Gasteiger partial charge on any atom is -0.497 e. The lowest BCUT2D eigenvalue weighted by molar-refractivity contribution is -0.389. The van der Waals surface area contributed by atoms with Crippen molar-refractivity contribution >= 4 is 11.5 Å². The Morgan fingerprint density at radius 2 is 1.95 bits per heavy atom. The van der Waals surface area contributed by atoms with Crippen molar-refractivity contribution in [1.82, 2.24) is 9.38 Å². The van der Waals surface area contributed by atoms with Crippen molar-refractivity contribution in [3.05, 3.63) is 58.3 Å². The molecule has 106 valence electrons. The summed E-state index contributed by atoms with van der Waals surface area (Å²) >= 11 is 0. The molecule has 0 radical (unpaired) electrons. The van der Waals surface area contributed by atoms with Crippen molar-refractivity contribution in [2.24, 2.45) is 0 Å². The van der Waals surface area contributed by atoms with Crippen LogP contribution in [0.25, 0.3) is 16.9 Å². The lowest BCUT2D eigenvalue weighted by Crippen LogP contribution is -1.96. The summed E-state index contributed by atoms with van der Waals surface area (Å²) in [4.78, 5) is 15.5. The quantitative estimate of drug-likeness (QED) is 0.546. The summed E-state index contributed by atoms with van der Waals surface area (Å²) in [5.41, 5.74) is 2.53. The van der Waals surface area contributed by atoms with Crippen LogP contribution in [0.1, 0.15) is 5.56 Å². The number of benzene rings is 1. The SMILES string of the molecule is COc1ccc(-c2nc3c(C)cccn3c2[N+](=O)[O-])cc1. The van der Waals surface area contributed by atoms with Gasteiger partial charge >= 0.3 is 5.82 Å². The van der Waals surface area contributed by atoms with E-state index in [1.165, 1.54) is 4.40 Å². The average Bonchev–Trinajstić information content (AvgIpc) is 2.88. The van der Waals surface area contributed by atoms with Gasteiger partial charge in [-0.2, -0.15) is 9.38 Å². The van der Waals surface area contributed by atoms with Crippen LogP contribution in [0, 0.1) is 17.0 Å². The van der Waals surface area contributed by atoms with Crippen molar-refractivity contribution in [3.63, 3.8) is 0 Å². The molecule has 0 aliphatic heterocycles. The van der Waals surface area contributed by atoms with Gasteiger partial charge in [0.2, 0.25) is 5.65 Å². The minimum atomic E-state index is -0.404. The van der Waals surface area contributed by atoms with Gasteiger partial charge in [-0.15, -0.1) is 0 Å². The first-order valence-electron chi connectivity index (χ1n) is 6.38. The van der Waals surface area contributed by atoms with Crippen LogP contribution in [0.5, 0.6) is 5.75 Å². The number of pyridine rings is 1. The second-order valence-corrected chi connectivity index (χ2v) is 4.65. The Morgan fingerprint density at radius 3 is 2.57 bits per heavy atom. The Balaban J connectivity index is 2.28. The number of aryl methyl sites for hydroxylation is 1. The van der Waals surface area contributed by atoms with E-state index < -0.39 is 4.92 Å². The molecule has 0 saturated carbocycles. The third-order valence-corrected chi connectivity index (χ3v) is 3.36. The molecule has 0 fully saturated rings. The van der Waals surface area contributed by atoms with Crippen LogP contribution >= 0.6 is 0 Å². The topological polar surface area (TPSA) is 69.7 Å². The molecule has 2 aromatic heterocycles. The van der Waals surface area contributed by atoms with Crippen LogP contribution in [-0.4, -0.2) is 21.4 Å². The first-order valence-corrected chi connectivity index (χ1v) is 6.38. The van der Waals surface area contributed by atoms with Gasteiger partial charge in [0, 0.05) is 11.1 Å². The largest absolute Gasteiger partial charge is 0.497 e. The number of hydrogen-bond acceptors (Lipinski definition) is 4. The number of nitrogens with zero attached hydrogens (tertiary/aromatic N) is 3. The number of hydrogen-bond donors (Lipinski definition) is 0. The maximum absolute atomic E-state index is 11.4. The van der Waals surface area contributed by atoms with E-state index >= 15 is 0 Å². The zero-order chi connectivity index (χ0) is 15.0. The van der Waals surface area contributed by atoms with Gasteiger partial charge < -0.3 is 14.9 Å². The molecule has 6 nitrogen and oxygen atoms in total. The summed E-state index contributed by atoms with van der Waals surface area (Å²) in [7, 11) is 1.58. The van der Waals surface area contributed by atoms with E-state index in [2.05, 4.69) is 4.98 Å². The number of ether oxygens (including phenoxy) is 1. The van der Waals surface area contributed by atoms with Gasteiger partial charge in [-0.3, -0.25) is 0 Å². The average molecular weight is 283 g/mol. The molecular weight excluding hydrogens is 270 g/mol. The lowest BCUT2D eigenvalue weighted by Gasteiger charge is -2.01. The van der Waals surface area contributed by atoms with Crippen LogP contribution in [0.15, 0.2) is 42.6 Å². The number of fused-ring (bicyclic) bond motifs is 1. The smallest absolute Gasteiger partial charge is 0.355 e. The Kier molecular flexibility index (Phi) is 3.06. The Labute approximate surface area is 120 Å². The third kappa shape index (κ3) is 2.10. The molecule has 21 heavy (non-hydrogen) atoms. The van der Waals surface area contributed by atoms with E-state index in [9.17, 15) is 10.1 Å². The molecular formula is C15H13N3O3. The highest BCUT2D eigenvalue weighted by Gasteiger charge is 2.24. The van der Waals surface area contributed by atoms with Crippen molar-refractivity contribution in [2.45, 2.75) is 6.92 Å². The van der Waals surface area contributed by atoms with Gasteiger partial charge in [-0.1, -0.05) is 0 Å². The summed E-state index contributed by atoms with van der Waals surface area (Å²) in [6.45, 7) is 1.88. The zero-order valence-electron chi connectivity index (χ0n) is 11.6. The van der Waals surface area contributed by atoms with Crippen molar-refractivity contribution in [3.8, 4) is 17.0 Å². The number of rotatable bonds is 3. The molecule has 2 heterocycles. The van der Waals surface area contributed by atoms with E-state index in [1.807, 2.05) is 13.0 Å². The van der Waals surface area contributed by atoms with Gasteiger partial charge in [0.15, 0.2) is 5.69 Å². The molecule has 0 aliphatic rings. The minimum absolute atomic E-state index is 0.0288. The van der Waals surface area contributed by atoms with Crippen LogP contribution < -0.4 is 4.74 Å². The molecule has 1 aromatic carbocycles. The first kappa shape index (κ1) is 13.1. The molecule has 0 atom stereocenters. The van der Waals surface area contributed by atoms with E-state index in [0.717, 1.165) is 5.56 Å². The molecule has 3 aromatic rings. The molecule has 0 unspecified atom stereocenters. The molecule has 0 bridgehead atoms. The fourth-order valence-electron chi connectivity index (χ4n) is 2.31. The van der Waals surface area contributed by atoms with Gasteiger partial charge in [-0.25, -0.2) is 0 Å². The van der Waals surface area contributed by atoms with Gasteiger partial charge in [-0.05, 0) is 48.2 Å². The number of imidazole rings is 1. The maximum atomic E-state index is 11.4. The molecule has 0 N–H and O–H groups in total. The zero-order valence-corrected chi connectivity index (χ0v) is 11.6. The summed E-state index contributed by atoms with van der Waals surface area (Å²) in [5, 5.41) is 11.4. The number of methoxy groups -OCH3 is 1. The highest BCUT2D eigenvalue weighted by Crippen LogP contribution is 2.32. The van der Waals surface area contributed by atoms with Crippen molar-refractivity contribution in [2.75, 3.05) is 7.11 Å². The Bertz CT molecular complexity index is 822. The van der Waals surface area contributed by atoms with Crippen LogP contribution in [0.3, 0.4) is 0 Å². The predicted octanol–water partition coefficient (Wildman–Crippen LogP) is 3.23. The molecule has 0 amide bonds. The Morgan fingerprint density at radius 1 is 1.24 bits per heavy atom. The van der Waals surface area contributed by atoms with Crippen molar-refractivity contribution < 1.29 is 9.66 Å². The number of nitro groups is 1. The predicted molar refractivity (Wildman–Crippen MR) is 78.6 cm³/mol. The van der Waals surface area contributed by atoms with E-state index in [1.54, 1.807) is 43.6 Å². The number of aromatic nitrogens is 2. The lowest BCUT2D eigenvalue weighted by atomic mass is 10.1. The molecule has 3 rings (SSSR count). The van der Waals surface area contributed by atoms with E-state index in [-0.39, 0.29) is 5.82 Å². The monoisotopic (exact) mass is 283 g/mol. The fourth-order valence-corrected chi connectivity index (χ4v) is 2.31. The summed E-state index contributed by atoms with van der Waals surface area (Å²) < 4.78 is 6.61. The standard InChI is InChI=1S/C15H13N3O3/c1-10-4-3-9-17-14(10)16-13(15(17)18(19)20)11-5-7-12(21-2)8-6-11/h3-9H,1-2H3. The maximum Gasteiger partial charge on any atom is 0.355 e. The van der Waals surface area contributed by atoms with Crippen LogP contribution in [0.4, 0.5) is 5.82 Å². The highest BCUT2D eigenvalue weighted by atomic mass is 16.6.